The summed E-state index contributed by atoms with van der Waals surface area (Å²) >= 11 is 0. The second kappa shape index (κ2) is 8.75. The molecule has 0 saturated heterocycles. The minimum Gasteiger partial charge on any atom is -0.493 e. The van der Waals surface area contributed by atoms with Crippen molar-refractivity contribution in [3.8, 4) is 5.75 Å². The van der Waals surface area contributed by atoms with E-state index < -0.39 is 0 Å². The summed E-state index contributed by atoms with van der Waals surface area (Å²) in [5, 5.41) is 1.17. The Morgan fingerprint density at radius 3 is 2.75 bits per heavy atom. The van der Waals surface area contributed by atoms with Gasteiger partial charge in [-0.3, -0.25) is 4.79 Å². The lowest BCUT2D eigenvalue weighted by Gasteiger charge is -2.24. The smallest absolute Gasteiger partial charge is 0.231 e. The van der Waals surface area contributed by atoms with Gasteiger partial charge in [-0.2, -0.15) is 0 Å². The van der Waals surface area contributed by atoms with Crippen LogP contribution in [-0.4, -0.2) is 19.1 Å². The largest absolute Gasteiger partial charge is 0.493 e. The van der Waals surface area contributed by atoms with Gasteiger partial charge in [0, 0.05) is 18.7 Å². The van der Waals surface area contributed by atoms with Gasteiger partial charge < -0.3 is 9.64 Å². The third kappa shape index (κ3) is 4.54. The van der Waals surface area contributed by atoms with E-state index in [2.05, 4.69) is 57.8 Å². The molecule has 1 aliphatic heterocycles. The summed E-state index contributed by atoms with van der Waals surface area (Å²) in [6, 6.07) is 14.6. The fourth-order valence-electron chi connectivity index (χ4n) is 3.73. The summed E-state index contributed by atoms with van der Waals surface area (Å²) in [6.45, 7) is 1.40. The van der Waals surface area contributed by atoms with Crippen LogP contribution in [0.5, 0.6) is 5.75 Å². The molecule has 0 bridgehead atoms. The molecule has 2 aromatic carbocycles. The van der Waals surface area contributed by atoms with Crippen LogP contribution >= 0.6 is 9.24 Å². The van der Waals surface area contributed by atoms with E-state index in [-0.39, 0.29) is 5.91 Å². The zero-order chi connectivity index (χ0) is 19.3. The van der Waals surface area contributed by atoms with Crippen molar-refractivity contribution in [3.05, 3.63) is 77.4 Å². The topological polar surface area (TPSA) is 29.5 Å². The van der Waals surface area contributed by atoms with Gasteiger partial charge in [-0.25, -0.2) is 0 Å². The average Bonchev–Trinajstić information content (AvgIpc) is 3.18. The van der Waals surface area contributed by atoms with E-state index in [1.54, 1.807) is 0 Å². The number of amides is 1. The molecule has 1 atom stereocenters. The Hall–Kier alpha value is -2.38. The number of ether oxygens (including phenoxy) is 1. The Kier molecular flexibility index (Phi) is 5.92. The number of benzene rings is 2. The van der Waals surface area contributed by atoms with Crippen molar-refractivity contribution in [2.75, 3.05) is 18.1 Å². The van der Waals surface area contributed by atoms with Gasteiger partial charge in [0.15, 0.2) is 0 Å². The standard InChI is InChI=1S/C24H26NO2P/c26-24(16-19-4-2-1-3-5-19)25(14-12-18-6-9-22(28)10-7-18)21-8-11-23-20(17-21)13-15-27-23/h2,4-11,17H,1,3,12-16,28H2. The average molecular weight is 391 g/mol. The Morgan fingerprint density at radius 2 is 1.96 bits per heavy atom. The number of fused-ring (bicyclic) bond motifs is 1. The maximum atomic E-state index is 13.2. The molecule has 0 saturated carbocycles. The number of anilines is 1. The molecule has 4 rings (SSSR count). The third-order valence-electron chi connectivity index (χ3n) is 5.32. The third-order valence-corrected chi connectivity index (χ3v) is 5.70. The number of hydrogen-bond acceptors (Lipinski definition) is 2. The molecule has 0 fully saturated rings. The summed E-state index contributed by atoms with van der Waals surface area (Å²) in [5.74, 6) is 1.10. The number of nitrogens with zero attached hydrogens (tertiary/aromatic N) is 1. The predicted octanol–water partition coefficient (Wildman–Crippen LogP) is 4.36. The first-order chi connectivity index (χ1) is 13.7. The first kappa shape index (κ1) is 19.0. The lowest BCUT2D eigenvalue weighted by molar-refractivity contribution is -0.117. The fraction of sp³-hybridized carbons (Fsp3) is 0.292. The van der Waals surface area contributed by atoms with E-state index in [1.165, 1.54) is 16.4 Å². The zero-order valence-corrected chi connectivity index (χ0v) is 17.2. The van der Waals surface area contributed by atoms with Crippen LogP contribution in [0.15, 0.2) is 66.3 Å². The van der Waals surface area contributed by atoms with E-state index in [1.807, 2.05) is 17.0 Å². The van der Waals surface area contributed by atoms with Crippen LogP contribution in [0.4, 0.5) is 5.69 Å². The van der Waals surface area contributed by atoms with Crippen molar-refractivity contribution in [3.63, 3.8) is 0 Å². The Labute approximate surface area is 169 Å². The van der Waals surface area contributed by atoms with Gasteiger partial charge in [0.25, 0.3) is 0 Å². The second-order valence-electron chi connectivity index (χ2n) is 7.36. The highest BCUT2D eigenvalue weighted by molar-refractivity contribution is 7.27. The molecule has 1 amide bonds. The molecule has 0 aromatic heterocycles. The summed E-state index contributed by atoms with van der Waals surface area (Å²) in [7, 11) is 2.71. The normalized spacial score (nSPS) is 15.0. The Morgan fingerprint density at radius 1 is 1.11 bits per heavy atom. The number of carbonyl (C=O) groups excluding carboxylic acids is 1. The number of carbonyl (C=O) groups is 1. The molecule has 2 aliphatic rings. The van der Waals surface area contributed by atoms with Crippen LogP contribution in [-0.2, 0) is 17.6 Å². The molecule has 4 heteroatoms. The van der Waals surface area contributed by atoms with Crippen LogP contribution in [0.3, 0.4) is 0 Å². The molecule has 2 aromatic rings. The van der Waals surface area contributed by atoms with Gasteiger partial charge in [-0.15, -0.1) is 9.24 Å². The predicted molar refractivity (Wildman–Crippen MR) is 119 cm³/mol. The fourth-order valence-corrected chi connectivity index (χ4v) is 3.93. The highest BCUT2D eigenvalue weighted by atomic mass is 31.0. The minimum atomic E-state index is 0.152. The molecule has 1 unspecified atom stereocenters. The zero-order valence-electron chi connectivity index (χ0n) is 16.1. The van der Waals surface area contributed by atoms with Crippen molar-refractivity contribution in [2.45, 2.75) is 32.1 Å². The summed E-state index contributed by atoms with van der Waals surface area (Å²) < 4.78 is 5.63. The van der Waals surface area contributed by atoms with Crippen molar-refractivity contribution >= 4 is 26.1 Å². The van der Waals surface area contributed by atoms with Crippen LogP contribution in [0, 0.1) is 0 Å². The van der Waals surface area contributed by atoms with Gasteiger partial charge >= 0.3 is 0 Å². The molecule has 28 heavy (non-hydrogen) atoms. The lowest BCUT2D eigenvalue weighted by atomic mass is 10.0. The lowest BCUT2D eigenvalue weighted by Crippen LogP contribution is -2.33. The van der Waals surface area contributed by atoms with Crippen LogP contribution in [0.2, 0.25) is 0 Å². The van der Waals surface area contributed by atoms with Gasteiger partial charge in [-0.05, 0) is 59.5 Å². The van der Waals surface area contributed by atoms with Crippen LogP contribution < -0.4 is 14.9 Å². The molecule has 0 radical (unpaired) electrons. The highest BCUT2D eigenvalue weighted by Gasteiger charge is 2.20. The first-order valence-electron chi connectivity index (χ1n) is 9.95. The van der Waals surface area contributed by atoms with Crippen molar-refractivity contribution in [1.82, 2.24) is 0 Å². The number of rotatable bonds is 6. The summed E-state index contributed by atoms with van der Waals surface area (Å²) in [4.78, 5) is 15.1. The maximum Gasteiger partial charge on any atom is 0.231 e. The molecule has 1 heterocycles. The molecule has 3 nitrogen and oxygen atoms in total. The summed E-state index contributed by atoms with van der Waals surface area (Å²) in [5.41, 5.74) is 4.53. The SMILES string of the molecule is O=C(CC1=CCCC=C1)N(CCc1ccc(P)cc1)c1ccc2c(c1)CCO2. The monoisotopic (exact) mass is 391 g/mol. The van der Waals surface area contributed by atoms with Crippen LogP contribution in [0.25, 0.3) is 0 Å². The first-order valence-corrected chi connectivity index (χ1v) is 10.5. The molecular weight excluding hydrogens is 365 g/mol. The maximum absolute atomic E-state index is 13.2. The van der Waals surface area contributed by atoms with E-state index in [0.29, 0.717) is 13.0 Å². The second-order valence-corrected chi connectivity index (χ2v) is 8.03. The molecule has 0 spiro atoms. The Balaban J connectivity index is 1.54. The van der Waals surface area contributed by atoms with E-state index in [9.17, 15) is 4.79 Å². The molecular formula is C24H26NO2P. The van der Waals surface area contributed by atoms with Gasteiger partial charge in [0.05, 0.1) is 13.0 Å². The number of allylic oxidation sites excluding steroid dienone is 3. The van der Waals surface area contributed by atoms with Crippen molar-refractivity contribution in [1.29, 1.82) is 0 Å². The van der Waals surface area contributed by atoms with E-state index in [0.717, 1.165) is 49.3 Å². The summed E-state index contributed by atoms with van der Waals surface area (Å²) in [6.07, 6.45) is 10.7. The van der Waals surface area contributed by atoms with Crippen molar-refractivity contribution < 1.29 is 9.53 Å². The molecule has 1 aliphatic carbocycles. The van der Waals surface area contributed by atoms with Crippen LogP contribution in [0.1, 0.15) is 30.4 Å². The van der Waals surface area contributed by atoms with Gasteiger partial charge in [-0.1, -0.05) is 42.5 Å². The van der Waals surface area contributed by atoms with Gasteiger partial charge in [0.1, 0.15) is 5.75 Å². The van der Waals surface area contributed by atoms with E-state index in [4.69, 9.17) is 4.74 Å². The van der Waals surface area contributed by atoms with E-state index >= 15 is 0 Å². The van der Waals surface area contributed by atoms with Gasteiger partial charge in [0.2, 0.25) is 5.91 Å². The molecule has 0 N–H and O–H groups in total. The highest BCUT2D eigenvalue weighted by Crippen LogP contribution is 2.30. The van der Waals surface area contributed by atoms with Crippen molar-refractivity contribution in [2.24, 2.45) is 0 Å². The molecule has 144 valence electrons. The Bertz CT molecular complexity index is 915. The number of hydrogen-bond donors (Lipinski definition) is 0. The quantitative estimate of drug-likeness (QED) is 0.685. The minimum absolute atomic E-state index is 0.152.